The van der Waals surface area contributed by atoms with Crippen LogP contribution >= 0.6 is 0 Å². The molecule has 0 aliphatic heterocycles. The van der Waals surface area contributed by atoms with Gasteiger partial charge in [0.25, 0.3) is 0 Å². The first-order valence-electron chi connectivity index (χ1n) is 9.26. The molecule has 0 amide bonds. The predicted molar refractivity (Wildman–Crippen MR) is 106 cm³/mol. The Kier molecular flexibility index (Phi) is 11.2. The van der Waals surface area contributed by atoms with Crippen molar-refractivity contribution in [3.63, 3.8) is 0 Å². The number of aliphatic hydroxyl groups excluding tert-OH is 2. The van der Waals surface area contributed by atoms with E-state index in [9.17, 15) is 9.59 Å². The summed E-state index contributed by atoms with van der Waals surface area (Å²) >= 11 is 0. The Morgan fingerprint density at radius 3 is 1.32 bits per heavy atom. The van der Waals surface area contributed by atoms with Gasteiger partial charge in [-0.05, 0) is 37.8 Å². The maximum atomic E-state index is 10.9. The van der Waals surface area contributed by atoms with Gasteiger partial charge in [0.15, 0.2) is 12.2 Å². The van der Waals surface area contributed by atoms with Gasteiger partial charge in [0.05, 0.1) is 13.2 Å². The van der Waals surface area contributed by atoms with Crippen molar-refractivity contribution in [3.05, 3.63) is 71.8 Å². The molecule has 0 heterocycles. The SMILES string of the molecule is CCOC(=O)C(O)C(O)C(=O)OCC.c1ccc(CCc2ccccc2)cc1. The molecule has 2 unspecified atom stereocenters. The Morgan fingerprint density at radius 1 is 0.714 bits per heavy atom. The Morgan fingerprint density at radius 2 is 1.04 bits per heavy atom. The highest BCUT2D eigenvalue weighted by atomic mass is 16.6. The van der Waals surface area contributed by atoms with Gasteiger partial charge < -0.3 is 19.7 Å². The predicted octanol–water partition coefficient (Wildman–Crippen LogP) is 2.31. The normalized spacial score (nSPS) is 12.1. The van der Waals surface area contributed by atoms with Gasteiger partial charge in [-0.3, -0.25) is 0 Å². The van der Waals surface area contributed by atoms with Crippen LogP contribution in [0.3, 0.4) is 0 Å². The highest BCUT2D eigenvalue weighted by molar-refractivity contribution is 5.85. The van der Waals surface area contributed by atoms with E-state index in [1.54, 1.807) is 13.8 Å². The Bertz CT molecular complexity index is 625. The number of rotatable bonds is 8. The van der Waals surface area contributed by atoms with E-state index in [0.717, 1.165) is 12.8 Å². The fraction of sp³-hybridized carbons (Fsp3) is 0.364. The molecule has 2 atom stereocenters. The van der Waals surface area contributed by atoms with E-state index in [1.165, 1.54) is 11.1 Å². The highest BCUT2D eigenvalue weighted by Crippen LogP contribution is 2.06. The number of hydrogen-bond donors (Lipinski definition) is 2. The minimum absolute atomic E-state index is 0.0610. The number of carbonyl (C=O) groups is 2. The lowest BCUT2D eigenvalue weighted by Crippen LogP contribution is -2.41. The molecule has 2 aromatic carbocycles. The molecule has 0 radical (unpaired) electrons. The third kappa shape index (κ3) is 8.79. The van der Waals surface area contributed by atoms with E-state index in [-0.39, 0.29) is 13.2 Å². The van der Waals surface area contributed by atoms with Gasteiger partial charge in [-0.2, -0.15) is 0 Å². The van der Waals surface area contributed by atoms with Gasteiger partial charge in [-0.25, -0.2) is 9.59 Å². The molecule has 0 aliphatic carbocycles. The summed E-state index contributed by atoms with van der Waals surface area (Å²) < 4.78 is 8.79. The van der Waals surface area contributed by atoms with Crippen molar-refractivity contribution in [3.8, 4) is 0 Å². The van der Waals surface area contributed by atoms with Crippen LogP contribution in [0.4, 0.5) is 0 Å². The summed E-state index contributed by atoms with van der Waals surface area (Å²) in [5, 5.41) is 18.2. The summed E-state index contributed by atoms with van der Waals surface area (Å²) in [6.07, 6.45) is -1.53. The van der Waals surface area contributed by atoms with Gasteiger partial charge in [0.2, 0.25) is 0 Å². The number of ether oxygens (including phenoxy) is 2. The fourth-order valence-corrected chi connectivity index (χ4v) is 2.29. The molecule has 0 fully saturated rings. The minimum Gasteiger partial charge on any atom is -0.464 e. The van der Waals surface area contributed by atoms with E-state index >= 15 is 0 Å². The molecule has 0 aliphatic rings. The summed E-state index contributed by atoms with van der Waals surface area (Å²) in [5.41, 5.74) is 2.83. The van der Waals surface area contributed by atoms with Crippen molar-refractivity contribution in [2.45, 2.75) is 38.9 Å². The third-order valence-corrected chi connectivity index (χ3v) is 3.74. The van der Waals surface area contributed by atoms with Crippen LogP contribution in [0.5, 0.6) is 0 Å². The molecule has 2 aromatic rings. The molecular weight excluding hydrogens is 360 g/mol. The van der Waals surface area contributed by atoms with Crippen LogP contribution < -0.4 is 0 Å². The molecule has 2 N–H and O–H groups in total. The van der Waals surface area contributed by atoms with Crippen LogP contribution in [0.25, 0.3) is 0 Å². The Balaban J connectivity index is 0.000000280. The second-order valence-electron chi connectivity index (χ2n) is 5.86. The molecular formula is C22H28O6. The summed E-state index contributed by atoms with van der Waals surface area (Å²) in [5.74, 6) is -2.10. The van der Waals surface area contributed by atoms with Crippen LogP contribution in [-0.4, -0.2) is 47.6 Å². The van der Waals surface area contributed by atoms with Crippen molar-refractivity contribution in [2.75, 3.05) is 13.2 Å². The van der Waals surface area contributed by atoms with Crippen LogP contribution in [0.15, 0.2) is 60.7 Å². The first kappa shape index (κ1) is 23.3. The molecule has 6 heteroatoms. The van der Waals surface area contributed by atoms with Crippen LogP contribution in [-0.2, 0) is 31.9 Å². The summed E-state index contributed by atoms with van der Waals surface area (Å²) in [7, 11) is 0. The van der Waals surface area contributed by atoms with Gasteiger partial charge in [0, 0.05) is 0 Å². The van der Waals surface area contributed by atoms with Crippen molar-refractivity contribution in [2.24, 2.45) is 0 Å². The Labute approximate surface area is 165 Å². The summed E-state index contributed by atoms with van der Waals surface area (Å²) in [6, 6.07) is 21.2. The van der Waals surface area contributed by atoms with E-state index in [0.29, 0.717) is 0 Å². The molecule has 152 valence electrons. The van der Waals surface area contributed by atoms with Gasteiger partial charge in [-0.1, -0.05) is 60.7 Å². The second kappa shape index (κ2) is 13.5. The highest BCUT2D eigenvalue weighted by Gasteiger charge is 2.32. The van der Waals surface area contributed by atoms with E-state index in [1.807, 2.05) is 0 Å². The topological polar surface area (TPSA) is 93.1 Å². The van der Waals surface area contributed by atoms with Crippen molar-refractivity contribution in [1.29, 1.82) is 0 Å². The first-order valence-corrected chi connectivity index (χ1v) is 9.26. The van der Waals surface area contributed by atoms with Crippen LogP contribution in [0.1, 0.15) is 25.0 Å². The molecule has 28 heavy (non-hydrogen) atoms. The largest absolute Gasteiger partial charge is 0.464 e. The molecule has 0 spiro atoms. The lowest BCUT2D eigenvalue weighted by atomic mass is 10.0. The molecule has 0 aromatic heterocycles. The average Bonchev–Trinajstić information content (AvgIpc) is 2.73. The smallest absolute Gasteiger partial charge is 0.338 e. The number of carbonyl (C=O) groups excluding carboxylic acids is 2. The first-order chi connectivity index (χ1) is 13.5. The number of esters is 2. The fourth-order valence-electron chi connectivity index (χ4n) is 2.29. The van der Waals surface area contributed by atoms with E-state index < -0.39 is 24.1 Å². The van der Waals surface area contributed by atoms with Gasteiger partial charge in [-0.15, -0.1) is 0 Å². The quantitative estimate of drug-likeness (QED) is 0.674. The third-order valence-electron chi connectivity index (χ3n) is 3.74. The number of benzene rings is 2. The lowest BCUT2D eigenvalue weighted by molar-refractivity contribution is -0.172. The zero-order valence-electron chi connectivity index (χ0n) is 16.3. The van der Waals surface area contributed by atoms with Crippen molar-refractivity contribution in [1.82, 2.24) is 0 Å². The van der Waals surface area contributed by atoms with E-state index in [4.69, 9.17) is 10.2 Å². The number of aliphatic hydroxyl groups is 2. The van der Waals surface area contributed by atoms with Crippen molar-refractivity contribution >= 4 is 11.9 Å². The number of hydrogen-bond acceptors (Lipinski definition) is 6. The summed E-state index contributed by atoms with van der Waals surface area (Å²) in [6.45, 7) is 3.21. The molecule has 0 bridgehead atoms. The molecule has 2 rings (SSSR count). The van der Waals surface area contributed by atoms with Crippen LogP contribution in [0, 0.1) is 0 Å². The van der Waals surface area contributed by atoms with Gasteiger partial charge in [0.1, 0.15) is 0 Å². The number of aryl methyl sites for hydroxylation is 2. The molecule has 0 saturated heterocycles. The van der Waals surface area contributed by atoms with Crippen LogP contribution in [0.2, 0.25) is 0 Å². The summed E-state index contributed by atoms with van der Waals surface area (Å²) in [4.78, 5) is 21.7. The zero-order chi connectivity index (χ0) is 20.8. The maximum absolute atomic E-state index is 10.9. The average molecular weight is 388 g/mol. The van der Waals surface area contributed by atoms with E-state index in [2.05, 4.69) is 70.1 Å². The second-order valence-corrected chi connectivity index (χ2v) is 5.86. The standard InChI is InChI=1S/C14H14.C8H14O6/c1-3-7-13(8-4-1)11-12-14-9-5-2-6-10-14;1-3-13-7(11)5(9)6(10)8(12)14-4-2/h1-10H,11-12H2;5-6,9-10H,3-4H2,1-2H3. The maximum Gasteiger partial charge on any atom is 0.338 e. The lowest BCUT2D eigenvalue weighted by Gasteiger charge is -2.14. The zero-order valence-corrected chi connectivity index (χ0v) is 16.3. The minimum atomic E-state index is -1.89. The van der Waals surface area contributed by atoms with Crippen molar-refractivity contribution < 1.29 is 29.3 Å². The monoisotopic (exact) mass is 388 g/mol. The Hall–Kier alpha value is -2.70. The molecule has 0 saturated carbocycles. The molecule has 6 nitrogen and oxygen atoms in total. The van der Waals surface area contributed by atoms with Gasteiger partial charge >= 0.3 is 11.9 Å².